The number of rotatable bonds is 11. The maximum absolute atomic E-state index is 5.21. The molecule has 0 aromatic carbocycles. The topological polar surface area (TPSA) is 62.9 Å². The molecular formula is C9H21NO4. The number of ether oxygens (including phenoxy) is 4. The highest BCUT2D eigenvalue weighted by atomic mass is 16.7. The number of hydrogen-bond acceptors (Lipinski definition) is 5. The van der Waals surface area contributed by atoms with Crippen LogP contribution in [0, 0.1) is 0 Å². The molecule has 0 saturated heterocycles. The van der Waals surface area contributed by atoms with Crippen LogP contribution >= 0.6 is 0 Å². The van der Waals surface area contributed by atoms with E-state index in [0.717, 1.165) is 13.0 Å². The van der Waals surface area contributed by atoms with Gasteiger partial charge in [-0.25, -0.2) is 0 Å². The average molecular weight is 207 g/mol. The summed E-state index contributed by atoms with van der Waals surface area (Å²) in [5, 5.41) is 0. The quantitative estimate of drug-likeness (QED) is 0.391. The van der Waals surface area contributed by atoms with Crippen molar-refractivity contribution >= 4 is 0 Å². The fourth-order valence-electron chi connectivity index (χ4n) is 0.717. The SMILES string of the molecule is CCCOCCOCOCOCCN. The maximum atomic E-state index is 5.21. The second-order valence-electron chi connectivity index (χ2n) is 2.66. The fourth-order valence-corrected chi connectivity index (χ4v) is 0.717. The van der Waals surface area contributed by atoms with E-state index in [4.69, 9.17) is 24.7 Å². The summed E-state index contributed by atoms with van der Waals surface area (Å²) in [6, 6.07) is 0. The molecule has 0 unspecified atom stereocenters. The first-order chi connectivity index (χ1) is 6.91. The van der Waals surface area contributed by atoms with E-state index < -0.39 is 0 Å². The van der Waals surface area contributed by atoms with Gasteiger partial charge in [0, 0.05) is 13.2 Å². The average Bonchev–Trinajstić information content (AvgIpc) is 2.21. The molecule has 0 saturated carbocycles. The van der Waals surface area contributed by atoms with Gasteiger partial charge in [0.2, 0.25) is 0 Å². The summed E-state index contributed by atoms with van der Waals surface area (Å²) in [6.07, 6.45) is 1.03. The molecule has 86 valence electrons. The standard InChI is InChI=1S/C9H21NO4/c1-2-4-11-6-7-13-9-14-8-12-5-3-10/h2-10H2,1H3. The van der Waals surface area contributed by atoms with Crippen LogP contribution in [0.3, 0.4) is 0 Å². The molecule has 0 amide bonds. The Morgan fingerprint density at radius 1 is 0.786 bits per heavy atom. The molecule has 5 heteroatoms. The lowest BCUT2D eigenvalue weighted by atomic mass is 10.5. The Labute approximate surface area is 85.5 Å². The van der Waals surface area contributed by atoms with Crippen molar-refractivity contribution in [3.05, 3.63) is 0 Å². The Morgan fingerprint density at radius 2 is 1.43 bits per heavy atom. The van der Waals surface area contributed by atoms with Gasteiger partial charge in [0.05, 0.1) is 19.8 Å². The molecule has 5 nitrogen and oxygen atoms in total. The zero-order chi connectivity index (χ0) is 10.5. The van der Waals surface area contributed by atoms with Crippen LogP contribution in [-0.4, -0.2) is 46.6 Å². The van der Waals surface area contributed by atoms with E-state index in [-0.39, 0.29) is 13.6 Å². The Hall–Kier alpha value is -0.200. The summed E-state index contributed by atoms with van der Waals surface area (Å²) in [6.45, 7) is 5.50. The first kappa shape index (κ1) is 13.8. The van der Waals surface area contributed by atoms with Crippen LogP contribution in [0.2, 0.25) is 0 Å². The Balaban J connectivity index is 2.78. The highest BCUT2D eigenvalue weighted by Gasteiger charge is 1.89. The van der Waals surface area contributed by atoms with Gasteiger partial charge in [0.1, 0.15) is 13.6 Å². The number of nitrogens with two attached hydrogens (primary N) is 1. The molecule has 0 aliphatic carbocycles. The van der Waals surface area contributed by atoms with E-state index in [1.54, 1.807) is 0 Å². The third-order valence-corrected chi connectivity index (χ3v) is 1.32. The zero-order valence-corrected chi connectivity index (χ0v) is 8.87. The summed E-state index contributed by atoms with van der Waals surface area (Å²) < 4.78 is 20.3. The van der Waals surface area contributed by atoms with E-state index >= 15 is 0 Å². The van der Waals surface area contributed by atoms with Crippen LogP contribution in [0.1, 0.15) is 13.3 Å². The van der Waals surface area contributed by atoms with E-state index in [2.05, 4.69) is 6.92 Å². The molecule has 0 rings (SSSR count). The van der Waals surface area contributed by atoms with E-state index in [0.29, 0.717) is 26.4 Å². The van der Waals surface area contributed by atoms with Crippen LogP contribution in [0.4, 0.5) is 0 Å². The van der Waals surface area contributed by atoms with Crippen molar-refractivity contribution in [1.29, 1.82) is 0 Å². The maximum Gasteiger partial charge on any atom is 0.149 e. The minimum absolute atomic E-state index is 0.229. The van der Waals surface area contributed by atoms with E-state index in [9.17, 15) is 0 Å². The van der Waals surface area contributed by atoms with Gasteiger partial charge in [-0.1, -0.05) is 6.92 Å². The van der Waals surface area contributed by atoms with E-state index in [1.807, 2.05) is 0 Å². The molecule has 0 aliphatic heterocycles. The van der Waals surface area contributed by atoms with Crippen LogP contribution in [0.5, 0.6) is 0 Å². The van der Waals surface area contributed by atoms with Crippen LogP contribution in [0.25, 0.3) is 0 Å². The van der Waals surface area contributed by atoms with Gasteiger partial charge < -0.3 is 24.7 Å². The summed E-state index contributed by atoms with van der Waals surface area (Å²) >= 11 is 0. The van der Waals surface area contributed by atoms with Gasteiger partial charge in [-0.3, -0.25) is 0 Å². The third kappa shape index (κ3) is 11.8. The minimum Gasteiger partial charge on any atom is -0.379 e. The molecule has 0 bridgehead atoms. The first-order valence-electron chi connectivity index (χ1n) is 4.92. The summed E-state index contributed by atoms with van der Waals surface area (Å²) in [5.74, 6) is 0. The van der Waals surface area contributed by atoms with Crippen LogP contribution in [-0.2, 0) is 18.9 Å². The molecular weight excluding hydrogens is 186 g/mol. The molecule has 0 spiro atoms. The summed E-state index contributed by atoms with van der Waals surface area (Å²) in [4.78, 5) is 0. The molecule has 0 fully saturated rings. The van der Waals surface area contributed by atoms with Crippen molar-refractivity contribution in [3.8, 4) is 0 Å². The largest absolute Gasteiger partial charge is 0.379 e. The highest BCUT2D eigenvalue weighted by molar-refractivity contribution is 4.28. The summed E-state index contributed by atoms with van der Waals surface area (Å²) in [5.41, 5.74) is 5.21. The first-order valence-corrected chi connectivity index (χ1v) is 4.92. The zero-order valence-electron chi connectivity index (χ0n) is 8.87. The third-order valence-electron chi connectivity index (χ3n) is 1.32. The van der Waals surface area contributed by atoms with Crippen LogP contribution < -0.4 is 5.73 Å². The lowest BCUT2D eigenvalue weighted by Crippen LogP contribution is -2.13. The predicted octanol–water partition coefficient (Wildman–Crippen LogP) is 0.337. The molecule has 0 heterocycles. The van der Waals surface area contributed by atoms with Gasteiger partial charge in [0.25, 0.3) is 0 Å². The Morgan fingerprint density at radius 3 is 2.07 bits per heavy atom. The second-order valence-corrected chi connectivity index (χ2v) is 2.66. The Kier molecular flexibility index (Phi) is 12.6. The Bertz CT molecular complexity index is 90.8. The lowest BCUT2D eigenvalue weighted by Gasteiger charge is -2.06. The molecule has 0 aliphatic rings. The van der Waals surface area contributed by atoms with Crippen molar-refractivity contribution in [2.75, 3.05) is 46.6 Å². The monoisotopic (exact) mass is 207 g/mol. The van der Waals surface area contributed by atoms with Crippen LogP contribution in [0.15, 0.2) is 0 Å². The lowest BCUT2D eigenvalue weighted by molar-refractivity contribution is -0.135. The molecule has 0 atom stereocenters. The van der Waals surface area contributed by atoms with Gasteiger partial charge in [-0.05, 0) is 6.42 Å². The van der Waals surface area contributed by atoms with Crippen molar-refractivity contribution in [2.45, 2.75) is 13.3 Å². The normalized spacial score (nSPS) is 10.7. The predicted molar refractivity (Wildman–Crippen MR) is 52.9 cm³/mol. The van der Waals surface area contributed by atoms with Gasteiger partial charge in [-0.2, -0.15) is 0 Å². The molecule has 0 aromatic rings. The van der Waals surface area contributed by atoms with Crippen molar-refractivity contribution in [3.63, 3.8) is 0 Å². The molecule has 0 aromatic heterocycles. The molecule has 2 N–H and O–H groups in total. The van der Waals surface area contributed by atoms with Gasteiger partial charge >= 0.3 is 0 Å². The van der Waals surface area contributed by atoms with Crippen molar-refractivity contribution < 1.29 is 18.9 Å². The number of hydrogen-bond donors (Lipinski definition) is 1. The molecule has 14 heavy (non-hydrogen) atoms. The second kappa shape index (κ2) is 12.8. The van der Waals surface area contributed by atoms with Gasteiger partial charge in [0.15, 0.2) is 0 Å². The molecule has 0 radical (unpaired) electrons. The smallest absolute Gasteiger partial charge is 0.149 e. The fraction of sp³-hybridized carbons (Fsp3) is 1.00. The van der Waals surface area contributed by atoms with Crippen molar-refractivity contribution in [2.24, 2.45) is 5.73 Å². The highest BCUT2D eigenvalue weighted by Crippen LogP contribution is 1.83. The van der Waals surface area contributed by atoms with Crippen molar-refractivity contribution in [1.82, 2.24) is 0 Å². The minimum atomic E-state index is 0.229. The van der Waals surface area contributed by atoms with Gasteiger partial charge in [-0.15, -0.1) is 0 Å². The summed E-state index contributed by atoms with van der Waals surface area (Å²) in [7, 11) is 0. The van der Waals surface area contributed by atoms with E-state index in [1.165, 1.54) is 0 Å².